The minimum atomic E-state index is -0.163. The van der Waals surface area contributed by atoms with Crippen molar-refractivity contribution in [1.29, 1.82) is 0 Å². The molecule has 0 unspecified atom stereocenters. The van der Waals surface area contributed by atoms with Gasteiger partial charge in [-0.15, -0.1) is 11.3 Å². The molecule has 2 heterocycles. The Kier molecular flexibility index (Phi) is 5.44. The minimum Gasteiger partial charge on any atom is -0.492 e. The molecule has 0 fully saturated rings. The largest absolute Gasteiger partial charge is 0.492 e. The quantitative estimate of drug-likeness (QED) is 0.900. The second-order valence-electron chi connectivity index (χ2n) is 5.72. The molecule has 1 aromatic carbocycles. The van der Waals surface area contributed by atoms with Gasteiger partial charge in [-0.2, -0.15) is 0 Å². The molecule has 0 atom stereocenters. The summed E-state index contributed by atoms with van der Waals surface area (Å²) < 4.78 is 10.7. The Morgan fingerprint density at radius 1 is 1.50 bits per heavy atom. The number of thiazole rings is 1. The average molecular weight is 347 g/mol. The van der Waals surface area contributed by atoms with Crippen molar-refractivity contribution < 1.29 is 14.3 Å². The van der Waals surface area contributed by atoms with E-state index in [0.717, 1.165) is 42.3 Å². The van der Waals surface area contributed by atoms with Crippen molar-refractivity contribution in [2.24, 2.45) is 0 Å². The van der Waals surface area contributed by atoms with Crippen LogP contribution in [0.1, 0.15) is 16.1 Å². The molecule has 0 aliphatic carbocycles. The van der Waals surface area contributed by atoms with Crippen LogP contribution in [0.25, 0.3) is 0 Å². The van der Waals surface area contributed by atoms with Gasteiger partial charge in [-0.05, 0) is 25.1 Å². The van der Waals surface area contributed by atoms with Crippen LogP contribution in [-0.2, 0) is 22.6 Å². The van der Waals surface area contributed by atoms with Crippen molar-refractivity contribution in [3.63, 3.8) is 0 Å². The smallest absolute Gasteiger partial charge is 0.250 e. The lowest BCUT2D eigenvalue weighted by molar-refractivity contribution is -0.119. The maximum atomic E-state index is 11.7. The van der Waals surface area contributed by atoms with Gasteiger partial charge in [0.05, 0.1) is 11.2 Å². The summed E-state index contributed by atoms with van der Waals surface area (Å²) in [6.07, 6.45) is 0. The molecule has 7 heteroatoms. The van der Waals surface area contributed by atoms with Crippen LogP contribution in [0.4, 0.5) is 5.69 Å². The first-order valence-electron chi connectivity index (χ1n) is 7.81. The molecular weight excluding hydrogens is 326 g/mol. The first kappa shape index (κ1) is 16.9. The van der Waals surface area contributed by atoms with Gasteiger partial charge in [0.15, 0.2) is 0 Å². The number of amides is 1. The van der Waals surface area contributed by atoms with Crippen LogP contribution >= 0.6 is 11.3 Å². The monoisotopic (exact) mass is 347 g/mol. The summed E-state index contributed by atoms with van der Waals surface area (Å²) >= 11 is 1.68. The molecule has 1 amide bonds. The van der Waals surface area contributed by atoms with E-state index in [-0.39, 0.29) is 12.5 Å². The third-order valence-electron chi connectivity index (χ3n) is 3.89. The Hall–Kier alpha value is -1.96. The number of aromatic nitrogens is 1. The molecule has 6 nitrogen and oxygen atoms in total. The maximum absolute atomic E-state index is 11.7. The van der Waals surface area contributed by atoms with E-state index in [4.69, 9.17) is 9.47 Å². The van der Waals surface area contributed by atoms with Crippen molar-refractivity contribution in [2.75, 3.05) is 32.2 Å². The van der Waals surface area contributed by atoms with Crippen LogP contribution in [0.2, 0.25) is 0 Å². The number of rotatable bonds is 5. The van der Waals surface area contributed by atoms with Crippen LogP contribution < -0.4 is 10.1 Å². The zero-order valence-corrected chi connectivity index (χ0v) is 14.7. The molecule has 1 aromatic heterocycles. The Balaban J connectivity index is 1.73. The molecule has 0 bridgehead atoms. The number of fused-ring (bicyclic) bond motifs is 1. The molecule has 0 saturated carbocycles. The predicted octanol–water partition coefficient (Wildman–Crippen LogP) is 2.43. The van der Waals surface area contributed by atoms with Gasteiger partial charge in [0.1, 0.15) is 19.0 Å². The highest BCUT2D eigenvalue weighted by Gasteiger charge is 2.18. The minimum absolute atomic E-state index is 0.0460. The summed E-state index contributed by atoms with van der Waals surface area (Å²) in [5, 5.41) is 2.84. The Morgan fingerprint density at radius 2 is 2.38 bits per heavy atom. The Morgan fingerprint density at radius 3 is 3.12 bits per heavy atom. The van der Waals surface area contributed by atoms with Gasteiger partial charge >= 0.3 is 0 Å². The molecule has 0 saturated heterocycles. The zero-order valence-electron chi connectivity index (χ0n) is 13.9. The van der Waals surface area contributed by atoms with E-state index < -0.39 is 0 Å². The summed E-state index contributed by atoms with van der Waals surface area (Å²) in [5.41, 5.74) is 4.81. The lowest BCUT2D eigenvalue weighted by Gasteiger charge is -2.19. The number of ether oxygens (including phenoxy) is 2. The molecule has 0 radical (unpaired) electrons. The molecule has 0 spiro atoms. The maximum Gasteiger partial charge on any atom is 0.250 e. The van der Waals surface area contributed by atoms with Crippen molar-refractivity contribution in [1.82, 2.24) is 9.88 Å². The number of methoxy groups -OCH3 is 1. The highest BCUT2D eigenvalue weighted by atomic mass is 32.1. The number of anilines is 1. The second-order valence-corrected chi connectivity index (χ2v) is 6.66. The number of benzene rings is 1. The average Bonchev–Trinajstić information content (AvgIpc) is 2.83. The lowest BCUT2D eigenvalue weighted by atomic mass is 10.1. The van der Waals surface area contributed by atoms with Gasteiger partial charge in [0.25, 0.3) is 0 Å². The SMILES string of the molecule is COCC(=O)Nc1ccc2c(c1)CN(Cc1scnc1C)CCO2. The molecule has 1 aliphatic heterocycles. The standard InChI is InChI=1S/C17H21N3O3S/c1-12-16(24-11-18-12)9-20-5-6-23-15-4-3-14(7-13(15)8-20)19-17(21)10-22-2/h3-4,7,11H,5-6,8-10H2,1-2H3,(H,19,21). The van der Waals surface area contributed by atoms with Gasteiger partial charge in [-0.3, -0.25) is 9.69 Å². The lowest BCUT2D eigenvalue weighted by Crippen LogP contribution is -2.25. The number of hydrogen-bond donors (Lipinski definition) is 1. The topological polar surface area (TPSA) is 63.7 Å². The first-order valence-corrected chi connectivity index (χ1v) is 8.69. The van der Waals surface area contributed by atoms with Crippen molar-refractivity contribution in [3.05, 3.63) is 39.8 Å². The van der Waals surface area contributed by atoms with Crippen molar-refractivity contribution in [3.8, 4) is 5.75 Å². The fourth-order valence-electron chi connectivity index (χ4n) is 2.67. The number of aryl methyl sites for hydroxylation is 1. The third-order valence-corrected chi connectivity index (χ3v) is 4.81. The normalized spacial score (nSPS) is 14.6. The summed E-state index contributed by atoms with van der Waals surface area (Å²) in [4.78, 5) is 19.6. The van der Waals surface area contributed by atoms with E-state index in [1.165, 1.54) is 12.0 Å². The van der Waals surface area contributed by atoms with Crippen LogP contribution in [0.5, 0.6) is 5.75 Å². The molecule has 3 rings (SSSR count). The van der Waals surface area contributed by atoms with Gasteiger partial charge in [-0.1, -0.05) is 0 Å². The number of nitrogens with one attached hydrogen (secondary N) is 1. The molecular formula is C17H21N3O3S. The van der Waals surface area contributed by atoms with Crippen molar-refractivity contribution >= 4 is 22.9 Å². The van der Waals surface area contributed by atoms with Crippen molar-refractivity contribution in [2.45, 2.75) is 20.0 Å². The molecule has 24 heavy (non-hydrogen) atoms. The fourth-order valence-corrected chi connectivity index (χ4v) is 3.49. The van der Waals surface area contributed by atoms with E-state index >= 15 is 0 Å². The number of carbonyl (C=O) groups excluding carboxylic acids is 1. The second kappa shape index (κ2) is 7.74. The van der Waals surface area contributed by atoms with E-state index in [2.05, 4.69) is 15.2 Å². The van der Waals surface area contributed by atoms with E-state index in [1.54, 1.807) is 11.3 Å². The van der Waals surface area contributed by atoms with Crippen LogP contribution in [0.3, 0.4) is 0 Å². The Labute approximate surface area is 145 Å². The highest BCUT2D eigenvalue weighted by molar-refractivity contribution is 7.09. The summed E-state index contributed by atoms with van der Waals surface area (Å²) in [6.45, 7) is 5.24. The predicted molar refractivity (Wildman–Crippen MR) is 93.4 cm³/mol. The molecule has 128 valence electrons. The molecule has 2 aromatic rings. The summed E-state index contributed by atoms with van der Waals surface area (Å²) in [7, 11) is 1.50. The van der Waals surface area contributed by atoms with E-state index in [1.807, 2.05) is 30.6 Å². The molecule has 1 N–H and O–H groups in total. The van der Waals surface area contributed by atoms with Gasteiger partial charge in [-0.25, -0.2) is 4.98 Å². The van der Waals surface area contributed by atoms with E-state index in [9.17, 15) is 4.79 Å². The highest BCUT2D eigenvalue weighted by Crippen LogP contribution is 2.27. The first-order chi connectivity index (χ1) is 11.7. The van der Waals surface area contributed by atoms with Gasteiger partial charge < -0.3 is 14.8 Å². The summed E-state index contributed by atoms with van der Waals surface area (Å²) in [5.74, 6) is 0.715. The van der Waals surface area contributed by atoms with Crippen LogP contribution in [0.15, 0.2) is 23.7 Å². The zero-order chi connectivity index (χ0) is 16.9. The van der Waals surface area contributed by atoms with Gasteiger partial charge in [0.2, 0.25) is 5.91 Å². The number of carbonyl (C=O) groups is 1. The van der Waals surface area contributed by atoms with Crippen LogP contribution in [-0.4, -0.2) is 42.7 Å². The van der Waals surface area contributed by atoms with Gasteiger partial charge in [0, 0.05) is 42.9 Å². The van der Waals surface area contributed by atoms with E-state index in [0.29, 0.717) is 6.61 Å². The Bertz CT molecular complexity index is 717. The third kappa shape index (κ3) is 4.11. The number of nitrogens with zero attached hydrogens (tertiary/aromatic N) is 2. The molecule has 1 aliphatic rings. The fraction of sp³-hybridized carbons (Fsp3) is 0.412. The number of hydrogen-bond acceptors (Lipinski definition) is 6. The summed E-state index contributed by atoms with van der Waals surface area (Å²) in [6, 6.07) is 5.75. The van der Waals surface area contributed by atoms with Crippen LogP contribution in [0, 0.1) is 6.92 Å².